The van der Waals surface area contributed by atoms with E-state index in [0.29, 0.717) is 17.9 Å². The van der Waals surface area contributed by atoms with E-state index < -0.39 is 12.7 Å². The van der Waals surface area contributed by atoms with E-state index in [2.05, 4.69) is 15.3 Å². The van der Waals surface area contributed by atoms with Crippen LogP contribution >= 0.6 is 0 Å². The molecule has 0 fully saturated rings. The molecule has 102 valence electrons. The third kappa shape index (κ3) is 4.87. The Hall–Kier alpha value is -1.37. The van der Waals surface area contributed by atoms with Gasteiger partial charge in [0.15, 0.2) is 0 Å². The highest BCUT2D eigenvalue weighted by molar-refractivity contribution is 5.44. The Morgan fingerprint density at radius 2 is 2.11 bits per heavy atom. The molecule has 1 N–H and O–H groups in total. The van der Waals surface area contributed by atoms with Crippen LogP contribution in [0.5, 0.6) is 0 Å². The van der Waals surface area contributed by atoms with Gasteiger partial charge in [0.2, 0.25) is 0 Å². The van der Waals surface area contributed by atoms with Gasteiger partial charge in [-0.25, -0.2) is 9.97 Å². The molecule has 1 aromatic heterocycles. The molecule has 4 nitrogen and oxygen atoms in total. The molecule has 0 radical (unpaired) electrons. The number of rotatable bonds is 6. The number of hydrogen-bond donors (Lipinski definition) is 1. The zero-order chi connectivity index (χ0) is 13.6. The van der Waals surface area contributed by atoms with Crippen LogP contribution in [0.25, 0.3) is 0 Å². The van der Waals surface area contributed by atoms with Crippen LogP contribution in [0.4, 0.5) is 19.0 Å². The van der Waals surface area contributed by atoms with Gasteiger partial charge in [0.05, 0.1) is 0 Å². The lowest BCUT2D eigenvalue weighted by molar-refractivity contribution is -0.119. The number of halogens is 3. The molecule has 1 rings (SSSR count). The van der Waals surface area contributed by atoms with Gasteiger partial charge >= 0.3 is 6.18 Å². The monoisotopic (exact) mass is 262 g/mol. The Balaban J connectivity index is 2.74. The van der Waals surface area contributed by atoms with Crippen LogP contribution < -0.4 is 10.2 Å². The van der Waals surface area contributed by atoms with E-state index >= 15 is 0 Å². The maximum atomic E-state index is 12.3. The van der Waals surface area contributed by atoms with Gasteiger partial charge in [0.1, 0.15) is 18.7 Å². The first-order chi connectivity index (χ1) is 8.44. The average molecular weight is 262 g/mol. The zero-order valence-electron chi connectivity index (χ0n) is 10.5. The smallest absolute Gasteiger partial charge is 0.350 e. The van der Waals surface area contributed by atoms with E-state index in [9.17, 15) is 13.2 Å². The minimum Gasteiger partial charge on any atom is -0.350 e. The predicted molar refractivity (Wildman–Crippen MR) is 63.4 cm³/mol. The van der Waals surface area contributed by atoms with Crippen LogP contribution in [-0.2, 0) is 6.54 Å². The van der Waals surface area contributed by atoms with Gasteiger partial charge < -0.3 is 10.2 Å². The average Bonchev–Trinajstić information content (AvgIpc) is 2.27. The molecule has 0 bridgehead atoms. The maximum absolute atomic E-state index is 12.3. The Morgan fingerprint density at radius 3 is 2.72 bits per heavy atom. The summed E-state index contributed by atoms with van der Waals surface area (Å²) >= 11 is 0. The molecule has 18 heavy (non-hydrogen) atoms. The summed E-state index contributed by atoms with van der Waals surface area (Å²) in [6.07, 6.45) is -0.487. The Bertz CT molecular complexity index is 368. The molecule has 0 aliphatic heterocycles. The second-order valence-electron chi connectivity index (χ2n) is 4.02. The lowest BCUT2D eigenvalue weighted by Gasteiger charge is -2.22. The Labute approximate surface area is 104 Å². The first-order valence-corrected chi connectivity index (χ1v) is 5.71. The predicted octanol–water partition coefficient (Wildman–Crippen LogP) is 1.97. The summed E-state index contributed by atoms with van der Waals surface area (Å²) in [6, 6.07) is 0. The van der Waals surface area contributed by atoms with Gasteiger partial charge in [-0.15, -0.1) is 0 Å². The van der Waals surface area contributed by atoms with E-state index in [1.165, 1.54) is 19.6 Å². The molecule has 0 spiro atoms. The minimum atomic E-state index is -4.24. The Morgan fingerprint density at radius 1 is 1.39 bits per heavy atom. The lowest BCUT2D eigenvalue weighted by atomic mass is 10.3. The highest BCUT2D eigenvalue weighted by Gasteiger charge is 2.30. The fourth-order valence-electron chi connectivity index (χ4n) is 1.56. The second-order valence-corrected chi connectivity index (χ2v) is 4.02. The molecule has 0 amide bonds. The lowest BCUT2D eigenvalue weighted by Crippen LogP contribution is -2.32. The van der Waals surface area contributed by atoms with Gasteiger partial charge in [0, 0.05) is 25.4 Å². The third-order valence-electron chi connectivity index (χ3n) is 2.28. The third-order valence-corrected chi connectivity index (χ3v) is 2.28. The Kier molecular flexibility index (Phi) is 5.33. The van der Waals surface area contributed by atoms with Crippen molar-refractivity contribution in [1.29, 1.82) is 0 Å². The molecule has 0 aliphatic carbocycles. The zero-order valence-corrected chi connectivity index (χ0v) is 10.5. The SMILES string of the molecule is CCCNCc1cncnc1N(C)CC(F)(F)F. The normalized spacial score (nSPS) is 11.6. The molecule has 0 saturated heterocycles. The van der Waals surface area contributed by atoms with Crippen LogP contribution in [0.2, 0.25) is 0 Å². The summed E-state index contributed by atoms with van der Waals surface area (Å²) in [4.78, 5) is 8.85. The van der Waals surface area contributed by atoms with Crippen LogP contribution in [-0.4, -0.2) is 36.3 Å². The van der Waals surface area contributed by atoms with Crippen molar-refractivity contribution < 1.29 is 13.2 Å². The number of nitrogens with one attached hydrogen (secondary N) is 1. The van der Waals surface area contributed by atoms with Crippen LogP contribution in [0.1, 0.15) is 18.9 Å². The maximum Gasteiger partial charge on any atom is 0.405 e. The number of anilines is 1. The van der Waals surface area contributed by atoms with Crippen molar-refractivity contribution >= 4 is 5.82 Å². The van der Waals surface area contributed by atoms with Crippen molar-refractivity contribution in [3.05, 3.63) is 18.1 Å². The standard InChI is InChI=1S/C11H17F3N4/c1-3-4-15-5-9-6-16-8-17-10(9)18(2)7-11(12,13)14/h6,8,15H,3-5,7H2,1-2H3. The fraction of sp³-hybridized carbons (Fsp3) is 0.636. The molecule has 0 aromatic carbocycles. The number of nitrogens with zero attached hydrogens (tertiary/aromatic N) is 3. The van der Waals surface area contributed by atoms with Crippen LogP contribution in [0.3, 0.4) is 0 Å². The van der Waals surface area contributed by atoms with Crippen molar-refractivity contribution in [3.63, 3.8) is 0 Å². The van der Waals surface area contributed by atoms with Crippen molar-refractivity contribution in [3.8, 4) is 0 Å². The summed E-state index contributed by atoms with van der Waals surface area (Å²) in [5.74, 6) is 0.311. The molecule has 0 aliphatic rings. The molecular formula is C11H17F3N4. The summed E-state index contributed by atoms with van der Waals surface area (Å²) in [7, 11) is 1.37. The van der Waals surface area contributed by atoms with Crippen molar-refractivity contribution in [2.45, 2.75) is 26.1 Å². The van der Waals surface area contributed by atoms with Crippen LogP contribution in [0, 0.1) is 0 Å². The van der Waals surface area contributed by atoms with Crippen LogP contribution in [0.15, 0.2) is 12.5 Å². The van der Waals surface area contributed by atoms with Crippen molar-refractivity contribution in [2.75, 3.05) is 25.0 Å². The summed E-state index contributed by atoms with van der Waals surface area (Å²) in [5, 5.41) is 3.12. The molecule has 7 heteroatoms. The fourth-order valence-corrected chi connectivity index (χ4v) is 1.56. The molecule has 0 saturated carbocycles. The molecule has 0 atom stereocenters. The second kappa shape index (κ2) is 6.53. The van der Waals surface area contributed by atoms with Gasteiger partial charge in [-0.05, 0) is 13.0 Å². The topological polar surface area (TPSA) is 41.1 Å². The van der Waals surface area contributed by atoms with E-state index in [-0.39, 0.29) is 0 Å². The quantitative estimate of drug-likeness (QED) is 0.796. The van der Waals surface area contributed by atoms with Crippen molar-refractivity contribution in [2.24, 2.45) is 0 Å². The van der Waals surface area contributed by atoms with E-state index in [1.54, 1.807) is 0 Å². The van der Waals surface area contributed by atoms with E-state index in [4.69, 9.17) is 0 Å². The summed E-state index contributed by atoms with van der Waals surface area (Å²) in [6.45, 7) is 2.26. The number of alkyl halides is 3. The molecular weight excluding hydrogens is 245 g/mol. The van der Waals surface area contributed by atoms with Crippen molar-refractivity contribution in [1.82, 2.24) is 15.3 Å². The molecule has 1 heterocycles. The van der Waals surface area contributed by atoms with Gasteiger partial charge in [0.25, 0.3) is 0 Å². The first-order valence-electron chi connectivity index (χ1n) is 5.71. The number of hydrogen-bond acceptors (Lipinski definition) is 4. The first kappa shape index (κ1) is 14.7. The minimum absolute atomic E-state index is 0.311. The number of aromatic nitrogens is 2. The highest BCUT2D eigenvalue weighted by Crippen LogP contribution is 2.21. The van der Waals surface area contributed by atoms with Gasteiger partial charge in [-0.3, -0.25) is 0 Å². The molecule has 0 unspecified atom stereocenters. The van der Waals surface area contributed by atoms with E-state index in [0.717, 1.165) is 17.9 Å². The highest BCUT2D eigenvalue weighted by atomic mass is 19.4. The summed E-state index contributed by atoms with van der Waals surface area (Å²) in [5.41, 5.74) is 0.665. The largest absolute Gasteiger partial charge is 0.405 e. The van der Waals surface area contributed by atoms with E-state index in [1.807, 2.05) is 6.92 Å². The summed E-state index contributed by atoms with van der Waals surface area (Å²) < 4.78 is 37.0. The molecule has 1 aromatic rings. The van der Waals surface area contributed by atoms with Gasteiger partial charge in [-0.2, -0.15) is 13.2 Å². The van der Waals surface area contributed by atoms with Gasteiger partial charge in [-0.1, -0.05) is 6.92 Å².